The van der Waals surface area contributed by atoms with Crippen LogP contribution in [-0.2, 0) is 32.7 Å². The van der Waals surface area contributed by atoms with Gasteiger partial charge in [0, 0.05) is 0 Å². The van der Waals surface area contributed by atoms with Crippen molar-refractivity contribution in [3.8, 4) is 0 Å². The molecule has 0 radical (unpaired) electrons. The van der Waals surface area contributed by atoms with Gasteiger partial charge in [0.15, 0.2) is 0 Å². The number of aliphatic hydroxyl groups excluding tert-OH is 2. The van der Waals surface area contributed by atoms with Gasteiger partial charge in [0.1, 0.15) is 0 Å². The second-order valence-corrected chi connectivity index (χ2v) is 7.75. The first-order chi connectivity index (χ1) is 9.35. The summed E-state index contributed by atoms with van der Waals surface area (Å²) in [6.07, 6.45) is 10.2. The summed E-state index contributed by atoms with van der Waals surface area (Å²) < 4.78 is 13.9. The summed E-state index contributed by atoms with van der Waals surface area (Å²) in [6, 6.07) is 0. The van der Waals surface area contributed by atoms with Crippen molar-refractivity contribution in [2.24, 2.45) is 0 Å². The Bertz CT molecular complexity index is 404. The third-order valence-corrected chi connectivity index (χ3v) is 6.48. The fourth-order valence-corrected chi connectivity index (χ4v) is 5.31. The normalized spacial score (nSPS) is 15.7. The molecule has 0 spiro atoms. The van der Waals surface area contributed by atoms with Crippen LogP contribution in [-0.4, -0.2) is 36.6 Å². The van der Waals surface area contributed by atoms with E-state index in [-0.39, 0.29) is 38.0 Å². The summed E-state index contributed by atoms with van der Waals surface area (Å²) >= 11 is -0.876. The molecule has 0 aromatic heterocycles. The zero-order valence-electron chi connectivity index (χ0n) is 11.5. The van der Waals surface area contributed by atoms with Crippen LogP contribution in [0, 0.1) is 0 Å². The van der Waals surface area contributed by atoms with E-state index in [0.29, 0.717) is 13.2 Å². The predicted molar refractivity (Wildman–Crippen MR) is 67.6 cm³/mol. The Hall–Kier alpha value is -0.0569. The zero-order chi connectivity index (χ0) is 13.5. The number of allylic oxidation sites excluding steroid dienone is 6. The van der Waals surface area contributed by atoms with Crippen molar-refractivity contribution in [1.29, 1.82) is 0 Å². The third kappa shape index (κ3) is 6.29. The molecular formula is C14H18Cl2O4Zr. The van der Waals surface area contributed by atoms with Gasteiger partial charge in [-0.25, -0.2) is 0 Å². The van der Waals surface area contributed by atoms with Crippen LogP contribution in [0.4, 0.5) is 0 Å². The van der Waals surface area contributed by atoms with Gasteiger partial charge in [-0.05, 0) is 0 Å². The minimum absolute atomic E-state index is 0. The number of aliphatic hydroxyl groups is 2. The van der Waals surface area contributed by atoms with E-state index in [0.717, 1.165) is 24.4 Å². The van der Waals surface area contributed by atoms with Crippen molar-refractivity contribution in [3.05, 3.63) is 42.4 Å². The molecule has 4 nitrogen and oxygen atoms in total. The summed E-state index contributed by atoms with van der Waals surface area (Å²) in [5.74, 6) is 1.89. The molecule has 0 bridgehead atoms. The summed E-state index contributed by atoms with van der Waals surface area (Å²) in [5, 5.41) is 17.6. The zero-order valence-corrected chi connectivity index (χ0v) is 15.5. The van der Waals surface area contributed by atoms with Crippen LogP contribution in [0.2, 0.25) is 0 Å². The molecule has 0 aromatic rings. The molecule has 21 heavy (non-hydrogen) atoms. The Balaban J connectivity index is 0.00000200. The standard InChI is InChI=1S/2C7H9O2.2ClH.Zr/c2*8-5-6-9-7-3-1-2-4-7;;;/h2*1,3,8H,2,5-6H2;2*1H;/q;;;;+2/p-2. The quantitative estimate of drug-likeness (QED) is 0.422. The van der Waals surface area contributed by atoms with Gasteiger partial charge in [0.25, 0.3) is 0 Å². The van der Waals surface area contributed by atoms with Crippen LogP contribution in [0.3, 0.4) is 0 Å². The van der Waals surface area contributed by atoms with Crippen molar-refractivity contribution in [2.75, 3.05) is 26.4 Å². The number of rotatable bonds is 8. The summed E-state index contributed by atoms with van der Waals surface area (Å²) in [7, 11) is 0. The van der Waals surface area contributed by atoms with Crippen molar-refractivity contribution in [3.63, 3.8) is 0 Å². The molecule has 0 unspecified atom stereocenters. The molecule has 7 heteroatoms. The van der Waals surface area contributed by atoms with Gasteiger partial charge in [-0.3, -0.25) is 0 Å². The monoisotopic (exact) mass is 410 g/mol. The maximum absolute atomic E-state index is 8.82. The van der Waals surface area contributed by atoms with E-state index in [1.807, 2.05) is 12.2 Å². The maximum atomic E-state index is 8.82. The van der Waals surface area contributed by atoms with E-state index in [9.17, 15) is 0 Å². The molecule has 0 fully saturated rings. The Labute approximate surface area is 149 Å². The minimum atomic E-state index is -0.876. The molecule has 0 amide bonds. The average Bonchev–Trinajstić information content (AvgIpc) is 3.04. The molecule has 2 aliphatic rings. The molecule has 0 aliphatic heterocycles. The Morgan fingerprint density at radius 3 is 1.67 bits per heavy atom. The van der Waals surface area contributed by atoms with Crippen molar-refractivity contribution in [1.82, 2.24) is 0 Å². The first-order valence-corrected chi connectivity index (χ1v) is 8.84. The number of hydrogen-bond donors (Lipinski definition) is 2. The number of hydrogen-bond acceptors (Lipinski definition) is 4. The van der Waals surface area contributed by atoms with Crippen molar-refractivity contribution >= 4 is 0 Å². The second kappa shape index (κ2) is 11.5. The Morgan fingerprint density at radius 1 is 0.857 bits per heavy atom. The van der Waals surface area contributed by atoms with Gasteiger partial charge in [-0.1, -0.05) is 0 Å². The van der Waals surface area contributed by atoms with E-state index in [4.69, 9.17) is 19.7 Å². The number of ether oxygens (including phenoxy) is 2. The molecule has 0 saturated heterocycles. The Morgan fingerprint density at radius 2 is 1.29 bits per heavy atom. The van der Waals surface area contributed by atoms with Crippen LogP contribution in [0.25, 0.3) is 0 Å². The largest absolute Gasteiger partial charge is 1.00 e. The first-order valence-electron chi connectivity index (χ1n) is 6.39. The second-order valence-electron chi connectivity index (χ2n) is 4.17. The van der Waals surface area contributed by atoms with E-state index in [1.165, 1.54) is 6.56 Å². The van der Waals surface area contributed by atoms with Crippen LogP contribution in [0.1, 0.15) is 12.8 Å². The van der Waals surface area contributed by atoms with Crippen LogP contribution in [0.15, 0.2) is 42.4 Å². The molecule has 0 atom stereocenters. The van der Waals surface area contributed by atoms with E-state index >= 15 is 0 Å². The van der Waals surface area contributed by atoms with Crippen molar-refractivity contribution in [2.45, 2.75) is 12.8 Å². The van der Waals surface area contributed by atoms with E-state index in [1.54, 1.807) is 0 Å². The third-order valence-electron chi connectivity index (χ3n) is 2.78. The van der Waals surface area contributed by atoms with Crippen LogP contribution in [0.5, 0.6) is 0 Å². The summed E-state index contributed by atoms with van der Waals surface area (Å²) in [5.41, 5.74) is 0. The minimum Gasteiger partial charge on any atom is -1.00 e. The van der Waals surface area contributed by atoms with Gasteiger partial charge in [-0.2, -0.15) is 0 Å². The molecular weight excluding hydrogens is 394 g/mol. The fourth-order valence-electron chi connectivity index (χ4n) is 1.96. The number of halogens is 2. The molecule has 2 aliphatic carbocycles. The predicted octanol–water partition coefficient (Wildman–Crippen LogP) is -4.56. The van der Waals surface area contributed by atoms with E-state index in [2.05, 4.69) is 12.2 Å². The molecule has 0 aromatic carbocycles. The van der Waals surface area contributed by atoms with Gasteiger partial charge >= 0.3 is 125 Å². The molecule has 0 saturated carbocycles. The van der Waals surface area contributed by atoms with Crippen molar-refractivity contribution < 1.29 is 67.7 Å². The molecule has 116 valence electrons. The van der Waals surface area contributed by atoms with Gasteiger partial charge in [0.2, 0.25) is 0 Å². The molecule has 0 heterocycles. The first kappa shape index (κ1) is 20.9. The smallest absolute Gasteiger partial charge is 1.00 e. The SMILES string of the molecule is OCCOC1=[C]([Zr+2][C]2=C(OCCO)C=CC2)CC=C1.[Cl-].[Cl-]. The fraction of sp³-hybridized carbons (Fsp3) is 0.429. The molecule has 2 rings (SSSR count). The van der Waals surface area contributed by atoms with Gasteiger partial charge in [0.05, 0.1) is 0 Å². The molecule has 2 N–H and O–H groups in total. The Kier molecular flexibility index (Phi) is 11.5. The maximum Gasteiger partial charge on any atom is -1.00 e. The van der Waals surface area contributed by atoms with Crippen LogP contribution >= 0.6 is 0 Å². The summed E-state index contributed by atoms with van der Waals surface area (Å²) in [6.45, 7) is 0.803. The van der Waals surface area contributed by atoms with Gasteiger partial charge < -0.3 is 24.8 Å². The average molecular weight is 412 g/mol. The summed E-state index contributed by atoms with van der Waals surface area (Å²) in [4.78, 5) is 0. The van der Waals surface area contributed by atoms with E-state index < -0.39 is 23.2 Å². The van der Waals surface area contributed by atoms with Crippen LogP contribution < -0.4 is 24.8 Å². The topological polar surface area (TPSA) is 58.9 Å². The van der Waals surface area contributed by atoms with Gasteiger partial charge in [-0.15, -0.1) is 0 Å².